The SMILES string of the molecule is CC(NC(=O)C1CCN(C(=O)C(N)C(C)C)CC1)C(=O)Nc1ccc(F)cc1. The van der Waals surface area contributed by atoms with Gasteiger partial charge in [0.2, 0.25) is 17.7 Å². The van der Waals surface area contributed by atoms with Crippen molar-refractivity contribution in [2.75, 3.05) is 18.4 Å². The van der Waals surface area contributed by atoms with Crippen LogP contribution in [0.15, 0.2) is 24.3 Å². The molecule has 0 bridgehead atoms. The number of amides is 3. The lowest BCUT2D eigenvalue weighted by atomic mass is 9.94. The first-order chi connectivity index (χ1) is 13.2. The Labute approximate surface area is 164 Å². The molecule has 3 amide bonds. The minimum Gasteiger partial charge on any atom is -0.344 e. The van der Waals surface area contributed by atoms with Crippen LogP contribution < -0.4 is 16.4 Å². The van der Waals surface area contributed by atoms with Gasteiger partial charge >= 0.3 is 0 Å². The molecule has 8 heteroatoms. The topological polar surface area (TPSA) is 105 Å². The van der Waals surface area contributed by atoms with E-state index in [9.17, 15) is 18.8 Å². The fourth-order valence-electron chi connectivity index (χ4n) is 3.04. The normalized spacial score (nSPS) is 17.1. The maximum absolute atomic E-state index is 12.9. The third kappa shape index (κ3) is 5.76. The van der Waals surface area contributed by atoms with E-state index in [4.69, 9.17) is 5.73 Å². The van der Waals surface area contributed by atoms with Gasteiger partial charge in [0.1, 0.15) is 11.9 Å². The number of nitrogens with zero attached hydrogens (tertiary/aromatic N) is 1. The molecule has 7 nitrogen and oxygen atoms in total. The Morgan fingerprint density at radius 2 is 1.68 bits per heavy atom. The molecular weight excluding hydrogens is 363 g/mol. The number of carbonyl (C=O) groups is 3. The van der Waals surface area contributed by atoms with Crippen molar-refractivity contribution in [1.29, 1.82) is 0 Å². The highest BCUT2D eigenvalue weighted by atomic mass is 19.1. The number of anilines is 1. The maximum Gasteiger partial charge on any atom is 0.246 e. The van der Waals surface area contributed by atoms with E-state index in [2.05, 4.69) is 10.6 Å². The van der Waals surface area contributed by atoms with Gasteiger partial charge in [-0.25, -0.2) is 4.39 Å². The first-order valence-electron chi connectivity index (χ1n) is 9.60. The summed E-state index contributed by atoms with van der Waals surface area (Å²) in [6.45, 7) is 6.36. The number of hydrogen-bond donors (Lipinski definition) is 3. The Bertz CT molecular complexity index is 700. The predicted molar refractivity (Wildman–Crippen MR) is 105 cm³/mol. The van der Waals surface area contributed by atoms with Crippen LogP contribution in [0.5, 0.6) is 0 Å². The fraction of sp³-hybridized carbons (Fsp3) is 0.550. The molecule has 1 aromatic rings. The van der Waals surface area contributed by atoms with E-state index in [0.717, 1.165) is 0 Å². The Balaban J connectivity index is 1.80. The summed E-state index contributed by atoms with van der Waals surface area (Å²) in [6, 6.07) is 4.15. The van der Waals surface area contributed by atoms with Gasteiger partial charge in [-0.2, -0.15) is 0 Å². The third-order valence-electron chi connectivity index (χ3n) is 5.04. The van der Waals surface area contributed by atoms with Crippen molar-refractivity contribution in [3.8, 4) is 0 Å². The smallest absolute Gasteiger partial charge is 0.246 e. The van der Waals surface area contributed by atoms with Gasteiger partial charge in [-0.1, -0.05) is 13.8 Å². The summed E-state index contributed by atoms with van der Waals surface area (Å²) >= 11 is 0. The third-order valence-corrected chi connectivity index (χ3v) is 5.04. The van der Waals surface area contributed by atoms with Crippen molar-refractivity contribution in [3.05, 3.63) is 30.1 Å². The molecule has 0 spiro atoms. The number of nitrogens with one attached hydrogen (secondary N) is 2. The van der Waals surface area contributed by atoms with Crippen LogP contribution in [0, 0.1) is 17.7 Å². The summed E-state index contributed by atoms with van der Waals surface area (Å²) in [6.07, 6.45) is 1.07. The highest BCUT2D eigenvalue weighted by molar-refractivity contribution is 5.97. The summed E-state index contributed by atoms with van der Waals surface area (Å²) in [7, 11) is 0. The van der Waals surface area contributed by atoms with Crippen molar-refractivity contribution >= 4 is 23.4 Å². The van der Waals surface area contributed by atoms with E-state index in [1.54, 1.807) is 11.8 Å². The van der Waals surface area contributed by atoms with Gasteiger partial charge < -0.3 is 21.3 Å². The predicted octanol–water partition coefficient (Wildman–Crippen LogP) is 1.49. The lowest BCUT2D eigenvalue weighted by Gasteiger charge is -2.34. The quantitative estimate of drug-likeness (QED) is 0.682. The number of hydrogen-bond acceptors (Lipinski definition) is 4. The number of benzene rings is 1. The van der Waals surface area contributed by atoms with Crippen LogP contribution in [0.4, 0.5) is 10.1 Å². The van der Waals surface area contributed by atoms with E-state index >= 15 is 0 Å². The maximum atomic E-state index is 12.9. The van der Waals surface area contributed by atoms with Crippen molar-refractivity contribution < 1.29 is 18.8 Å². The molecule has 154 valence electrons. The number of halogens is 1. The monoisotopic (exact) mass is 392 g/mol. The van der Waals surface area contributed by atoms with Crippen LogP contribution >= 0.6 is 0 Å². The molecule has 2 rings (SSSR count). The second-order valence-electron chi connectivity index (χ2n) is 7.60. The number of piperidine rings is 1. The average molecular weight is 392 g/mol. The summed E-state index contributed by atoms with van der Waals surface area (Å²) in [5, 5.41) is 5.35. The lowest BCUT2D eigenvalue weighted by Crippen LogP contribution is -2.51. The largest absolute Gasteiger partial charge is 0.344 e. The number of nitrogens with two attached hydrogens (primary N) is 1. The highest BCUT2D eigenvalue weighted by Crippen LogP contribution is 2.19. The zero-order chi connectivity index (χ0) is 20.8. The van der Waals surface area contributed by atoms with Gasteiger partial charge in [0.15, 0.2) is 0 Å². The van der Waals surface area contributed by atoms with E-state index in [0.29, 0.717) is 31.6 Å². The molecule has 1 saturated heterocycles. The van der Waals surface area contributed by atoms with Crippen molar-refractivity contribution in [2.45, 2.75) is 45.7 Å². The zero-order valence-corrected chi connectivity index (χ0v) is 16.6. The molecule has 4 N–H and O–H groups in total. The van der Waals surface area contributed by atoms with Crippen molar-refractivity contribution in [1.82, 2.24) is 10.2 Å². The zero-order valence-electron chi connectivity index (χ0n) is 16.6. The molecule has 1 aromatic carbocycles. The second-order valence-corrected chi connectivity index (χ2v) is 7.60. The minimum atomic E-state index is -0.730. The Morgan fingerprint density at radius 1 is 1.11 bits per heavy atom. The van der Waals surface area contributed by atoms with E-state index in [1.807, 2.05) is 13.8 Å². The summed E-state index contributed by atoms with van der Waals surface area (Å²) < 4.78 is 12.9. The van der Waals surface area contributed by atoms with Crippen molar-refractivity contribution in [2.24, 2.45) is 17.6 Å². The van der Waals surface area contributed by atoms with Gasteiger partial charge in [0.05, 0.1) is 6.04 Å². The summed E-state index contributed by atoms with van der Waals surface area (Å²) in [5.74, 6) is -1.24. The molecule has 0 saturated carbocycles. The van der Waals surface area contributed by atoms with Gasteiger partial charge in [-0.15, -0.1) is 0 Å². The van der Waals surface area contributed by atoms with Crippen LogP contribution in [0.2, 0.25) is 0 Å². The first-order valence-corrected chi connectivity index (χ1v) is 9.60. The van der Waals surface area contributed by atoms with Crippen molar-refractivity contribution in [3.63, 3.8) is 0 Å². The fourth-order valence-corrected chi connectivity index (χ4v) is 3.04. The van der Waals surface area contributed by atoms with Crippen LogP contribution in [-0.4, -0.2) is 47.8 Å². The van der Waals surface area contributed by atoms with E-state index in [1.165, 1.54) is 24.3 Å². The molecule has 28 heavy (non-hydrogen) atoms. The molecule has 1 heterocycles. The van der Waals surface area contributed by atoms with Gasteiger partial charge in [-0.3, -0.25) is 14.4 Å². The minimum absolute atomic E-state index is 0.0639. The van der Waals surface area contributed by atoms with Gasteiger partial charge in [0, 0.05) is 24.7 Å². The Hall–Kier alpha value is -2.48. The van der Waals surface area contributed by atoms with Crippen LogP contribution in [0.1, 0.15) is 33.6 Å². The van der Waals surface area contributed by atoms with E-state index < -0.39 is 17.9 Å². The first kappa shape index (κ1) is 21.8. The molecule has 1 aliphatic heterocycles. The Morgan fingerprint density at radius 3 is 2.21 bits per heavy atom. The van der Waals surface area contributed by atoms with E-state index in [-0.39, 0.29) is 29.6 Å². The highest BCUT2D eigenvalue weighted by Gasteiger charge is 2.31. The molecule has 0 aliphatic carbocycles. The van der Waals surface area contributed by atoms with Crippen LogP contribution in [0.3, 0.4) is 0 Å². The van der Waals surface area contributed by atoms with Crippen LogP contribution in [-0.2, 0) is 14.4 Å². The second kappa shape index (κ2) is 9.64. The standard InChI is InChI=1S/C20H29FN4O3/c1-12(2)17(22)20(28)25-10-8-14(9-11-25)19(27)23-13(3)18(26)24-16-6-4-15(21)5-7-16/h4-7,12-14,17H,8-11,22H2,1-3H3,(H,23,27)(H,24,26). The summed E-state index contributed by atoms with van der Waals surface area (Å²) in [5.41, 5.74) is 6.38. The number of carbonyl (C=O) groups excluding carboxylic acids is 3. The number of likely N-dealkylation sites (tertiary alicyclic amines) is 1. The number of rotatable bonds is 6. The van der Waals surface area contributed by atoms with Gasteiger partial charge in [0.25, 0.3) is 0 Å². The molecule has 1 fully saturated rings. The summed E-state index contributed by atoms with van der Waals surface area (Å²) in [4.78, 5) is 38.7. The molecular formula is C20H29FN4O3. The molecule has 2 unspecified atom stereocenters. The van der Waals surface area contributed by atoms with Crippen LogP contribution in [0.25, 0.3) is 0 Å². The lowest BCUT2D eigenvalue weighted by molar-refractivity contribution is -0.137. The molecule has 0 radical (unpaired) electrons. The Kier molecular flexibility index (Phi) is 7.51. The molecule has 1 aliphatic rings. The average Bonchev–Trinajstić information content (AvgIpc) is 2.68. The van der Waals surface area contributed by atoms with Gasteiger partial charge in [-0.05, 0) is 49.9 Å². The molecule has 0 aromatic heterocycles. The molecule has 2 atom stereocenters.